The second-order valence-electron chi connectivity index (χ2n) is 12.6. The summed E-state index contributed by atoms with van der Waals surface area (Å²) in [5.41, 5.74) is 0.563. The van der Waals surface area contributed by atoms with E-state index in [1.54, 1.807) is 42.9 Å². The number of nitrogens with zero attached hydrogens (tertiary/aromatic N) is 7. The van der Waals surface area contributed by atoms with Gasteiger partial charge in [0.2, 0.25) is 5.91 Å². The lowest BCUT2D eigenvalue weighted by molar-refractivity contribution is -0.141. The lowest BCUT2D eigenvalue weighted by atomic mass is 9.92. The lowest BCUT2D eigenvalue weighted by Gasteiger charge is -2.34. The minimum absolute atomic E-state index is 0.0408. The number of H-pyrrole nitrogens is 1. The number of amides is 1. The first-order valence-corrected chi connectivity index (χ1v) is 18.0. The van der Waals surface area contributed by atoms with Crippen LogP contribution in [0.3, 0.4) is 0 Å². The fourth-order valence-electron chi connectivity index (χ4n) is 6.66. The Balaban J connectivity index is 0.972. The summed E-state index contributed by atoms with van der Waals surface area (Å²) < 4.78 is 39.1. The molecule has 7 rings (SSSR count). The van der Waals surface area contributed by atoms with Crippen LogP contribution in [-0.2, 0) is 15.8 Å². The van der Waals surface area contributed by atoms with E-state index in [0.29, 0.717) is 67.0 Å². The third-order valence-electron chi connectivity index (χ3n) is 9.56. The van der Waals surface area contributed by atoms with Crippen molar-refractivity contribution in [3.63, 3.8) is 0 Å². The molecule has 51 heavy (non-hydrogen) atoms. The van der Waals surface area contributed by atoms with Crippen LogP contribution in [0, 0.1) is 5.92 Å². The Bertz CT molecular complexity index is 2040. The van der Waals surface area contributed by atoms with Crippen molar-refractivity contribution in [2.75, 3.05) is 42.7 Å². The van der Waals surface area contributed by atoms with E-state index in [2.05, 4.69) is 40.3 Å². The zero-order valence-corrected chi connectivity index (χ0v) is 29.0. The van der Waals surface area contributed by atoms with Crippen molar-refractivity contribution in [2.24, 2.45) is 5.92 Å². The van der Waals surface area contributed by atoms with Gasteiger partial charge in [-0.1, -0.05) is 11.6 Å². The largest absolute Gasteiger partial charge is 0.433 e. The molecule has 11 nitrogen and oxygen atoms in total. The van der Waals surface area contributed by atoms with Crippen LogP contribution in [0.4, 0.5) is 24.7 Å². The quantitative estimate of drug-likeness (QED) is 0.131. The van der Waals surface area contributed by atoms with Crippen LogP contribution in [0.2, 0.25) is 0 Å². The molecule has 4 aromatic heterocycles. The SMILES string of the molecule is CSC1(C(=O)Nc2ccc3[nH]nc(-c4ccnc(C(F)(F)F)c4)c3c2)CCN(C(Cl)C(=O)C2CCN(c3ccc(-c4ncccn4)cn3)CC2)C1. The van der Waals surface area contributed by atoms with E-state index in [9.17, 15) is 22.8 Å². The molecule has 2 unspecified atom stereocenters. The molecule has 16 heteroatoms. The highest BCUT2D eigenvalue weighted by Crippen LogP contribution is 2.39. The average molecular weight is 736 g/mol. The van der Waals surface area contributed by atoms with Gasteiger partial charge in [-0.3, -0.25) is 24.6 Å². The van der Waals surface area contributed by atoms with E-state index < -0.39 is 22.1 Å². The number of likely N-dealkylation sites (tertiary alicyclic amines) is 1. The van der Waals surface area contributed by atoms with Crippen molar-refractivity contribution < 1.29 is 22.8 Å². The van der Waals surface area contributed by atoms with Crippen LogP contribution in [0.15, 0.2) is 73.3 Å². The van der Waals surface area contributed by atoms with Gasteiger partial charge >= 0.3 is 6.18 Å². The summed E-state index contributed by atoms with van der Waals surface area (Å²) in [4.78, 5) is 48.0. The third-order valence-corrected chi connectivity index (χ3v) is 11.4. The number of alkyl halides is 4. The number of hydrogen-bond acceptors (Lipinski definition) is 10. The molecule has 2 aliphatic rings. The Morgan fingerprint density at radius 2 is 1.78 bits per heavy atom. The van der Waals surface area contributed by atoms with Gasteiger partial charge in [0.05, 0.1) is 5.52 Å². The Labute approximate surface area is 300 Å². The molecule has 0 saturated carbocycles. The number of ketones is 1. The normalized spacial score (nSPS) is 19.4. The van der Waals surface area contributed by atoms with E-state index in [0.717, 1.165) is 23.6 Å². The highest BCUT2D eigenvalue weighted by Gasteiger charge is 2.47. The number of benzene rings is 1. The smallest absolute Gasteiger partial charge is 0.357 e. The van der Waals surface area contributed by atoms with Gasteiger partial charge in [-0.05, 0) is 74.0 Å². The van der Waals surface area contributed by atoms with E-state index >= 15 is 0 Å². The molecule has 2 saturated heterocycles. The van der Waals surface area contributed by atoms with Crippen molar-refractivity contribution >= 4 is 57.5 Å². The predicted octanol–water partition coefficient (Wildman–Crippen LogP) is 6.29. The van der Waals surface area contributed by atoms with E-state index in [4.69, 9.17) is 11.6 Å². The van der Waals surface area contributed by atoms with E-state index in [1.807, 2.05) is 23.3 Å². The monoisotopic (exact) mass is 735 g/mol. The molecule has 1 aromatic carbocycles. The average Bonchev–Trinajstić information content (AvgIpc) is 3.80. The Morgan fingerprint density at radius 1 is 1.00 bits per heavy atom. The van der Waals surface area contributed by atoms with Crippen LogP contribution < -0.4 is 10.2 Å². The number of carbonyl (C=O) groups excluding carboxylic acids is 2. The van der Waals surface area contributed by atoms with Crippen molar-refractivity contribution in [1.29, 1.82) is 0 Å². The number of pyridine rings is 2. The van der Waals surface area contributed by atoms with Gasteiger partial charge in [-0.25, -0.2) is 15.0 Å². The maximum absolute atomic E-state index is 13.8. The molecule has 2 N–H and O–H groups in total. The summed E-state index contributed by atoms with van der Waals surface area (Å²) in [5, 5.41) is 10.6. The number of aromatic amines is 1. The van der Waals surface area contributed by atoms with Gasteiger partial charge < -0.3 is 10.2 Å². The van der Waals surface area contributed by atoms with Crippen LogP contribution in [0.25, 0.3) is 33.5 Å². The minimum atomic E-state index is -4.60. The van der Waals surface area contributed by atoms with Crippen molar-refractivity contribution in [3.8, 4) is 22.6 Å². The fourth-order valence-corrected chi connectivity index (χ4v) is 7.83. The molecule has 264 valence electrons. The summed E-state index contributed by atoms with van der Waals surface area (Å²) in [5.74, 6) is 0.948. The van der Waals surface area contributed by atoms with Gasteiger partial charge in [-0.2, -0.15) is 18.3 Å². The molecule has 0 bridgehead atoms. The number of nitrogens with one attached hydrogen (secondary N) is 2. The van der Waals surface area contributed by atoms with Crippen molar-refractivity contribution in [3.05, 3.63) is 79.0 Å². The number of thioether (sulfide) groups is 1. The first-order chi connectivity index (χ1) is 24.5. The molecule has 0 spiro atoms. The fraction of sp³-hybridized carbons (Fsp3) is 0.343. The summed E-state index contributed by atoms with van der Waals surface area (Å²) in [7, 11) is 0. The number of hydrogen-bond donors (Lipinski definition) is 2. The number of rotatable bonds is 9. The molecule has 1 amide bonds. The molecule has 0 aliphatic carbocycles. The second-order valence-corrected chi connectivity index (χ2v) is 14.2. The van der Waals surface area contributed by atoms with Gasteiger partial charge in [-0.15, -0.1) is 11.8 Å². The summed E-state index contributed by atoms with van der Waals surface area (Å²) in [6.07, 6.45) is 5.26. The molecule has 0 radical (unpaired) electrons. The zero-order chi connectivity index (χ0) is 35.8. The second kappa shape index (κ2) is 14.2. The standard InChI is InChI=1S/C35H33ClF3N9O2S/c1-51-34(33(50)44-24-4-5-26-25(18-24)29(46-45-26)22-7-13-40-27(17-22)35(37,38)39)10-16-48(20-34)31(36)30(49)21-8-14-47(15-9-21)28-6-3-23(19-43-28)32-41-11-2-12-42-32/h2-7,11-13,17-19,21,31H,8-10,14-16,20H2,1H3,(H,44,50)(H,45,46). The highest BCUT2D eigenvalue weighted by molar-refractivity contribution is 8.00. The molecule has 2 atom stereocenters. The first kappa shape index (κ1) is 34.8. The van der Waals surface area contributed by atoms with E-state index in [1.165, 1.54) is 17.8 Å². The first-order valence-electron chi connectivity index (χ1n) is 16.3. The number of piperidine rings is 1. The molecule has 6 heterocycles. The molecule has 5 aromatic rings. The van der Waals surface area contributed by atoms with Gasteiger partial charge in [0.15, 0.2) is 11.6 Å². The highest BCUT2D eigenvalue weighted by atomic mass is 35.5. The zero-order valence-electron chi connectivity index (χ0n) is 27.4. The number of halogens is 4. The van der Waals surface area contributed by atoms with Crippen LogP contribution in [-0.4, -0.2) is 89.4 Å². The molecular formula is C35H33ClF3N9O2S. The van der Waals surface area contributed by atoms with Gasteiger partial charge in [0.1, 0.15) is 27.5 Å². The molecular weight excluding hydrogens is 703 g/mol. The maximum atomic E-state index is 13.8. The molecule has 2 aliphatic heterocycles. The van der Waals surface area contributed by atoms with Gasteiger partial charge in [0, 0.05) is 79.1 Å². The number of carbonyl (C=O) groups is 2. The van der Waals surface area contributed by atoms with Crippen molar-refractivity contribution in [1.82, 2.24) is 35.0 Å². The van der Waals surface area contributed by atoms with Gasteiger partial charge in [0.25, 0.3) is 0 Å². The van der Waals surface area contributed by atoms with Crippen LogP contribution in [0.1, 0.15) is 25.0 Å². The number of anilines is 2. The van der Waals surface area contributed by atoms with E-state index in [-0.39, 0.29) is 29.7 Å². The maximum Gasteiger partial charge on any atom is 0.433 e. The summed E-state index contributed by atoms with van der Waals surface area (Å²) >= 11 is 8.23. The Morgan fingerprint density at radius 3 is 2.49 bits per heavy atom. The van der Waals surface area contributed by atoms with Crippen LogP contribution >= 0.6 is 23.4 Å². The number of aromatic nitrogens is 6. The summed E-state index contributed by atoms with van der Waals surface area (Å²) in [6.45, 7) is 2.09. The Kier molecular flexibility index (Phi) is 9.70. The van der Waals surface area contributed by atoms with Crippen LogP contribution in [0.5, 0.6) is 0 Å². The lowest BCUT2D eigenvalue weighted by Crippen LogP contribution is -2.47. The topological polar surface area (TPSA) is 133 Å². The molecule has 2 fully saturated rings. The Hall–Kier alpha value is -4.60. The summed E-state index contributed by atoms with van der Waals surface area (Å²) in [6, 6.07) is 13.1. The number of fused-ring (bicyclic) bond motifs is 1. The minimum Gasteiger partial charge on any atom is -0.357 e. The third kappa shape index (κ3) is 7.14. The predicted molar refractivity (Wildman–Crippen MR) is 190 cm³/mol. The van der Waals surface area contributed by atoms with Crippen molar-refractivity contribution in [2.45, 2.75) is 35.7 Å². The number of Topliss-reactive ketones (excluding diaryl/α,β-unsaturated/α-hetero) is 1.